The van der Waals surface area contributed by atoms with Gasteiger partial charge in [-0.3, -0.25) is 9.36 Å². The first-order valence-electron chi connectivity index (χ1n) is 5.51. The van der Waals surface area contributed by atoms with Crippen molar-refractivity contribution in [3.8, 4) is 0 Å². The lowest BCUT2D eigenvalue weighted by atomic mass is 10.3. The smallest absolute Gasteiger partial charge is 0.308 e. The van der Waals surface area contributed by atoms with Crippen LogP contribution < -0.4 is 4.87 Å². The number of thioether (sulfide) groups is 1. The summed E-state index contributed by atoms with van der Waals surface area (Å²) >= 11 is 7.65. The molecule has 0 bridgehead atoms. The molecule has 3 nitrogen and oxygen atoms in total. The SMILES string of the molecule is CSC(=S)OCCCn1c(=O)sc2ccccc21. The van der Waals surface area contributed by atoms with Crippen molar-refractivity contribution in [1.82, 2.24) is 4.57 Å². The molecule has 1 aromatic carbocycles. The second kappa shape index (κ2) is 6.36. The van der Waals surface area contributed by atoms with E-state index in [1.807, 2.05) is 30.5 Å². The first-order chi connectivity index (χ1) is 8.72. The number of hydrogen-bond donors (Lipinski definition) is 0. The van der Waals surface area contributed by atoms with E-state index >= 15 is 0 Å². The molecular weight excluding hydrogens is 286 g/mol. The van der Waals surface area contributed by atoms with Crippen LogP contribution in [0.4, 0.5) is 0 Å². The lowest BCUT2D eigenvalue weighted by molar-refractivity contribution is 0.305. The number of aryl methyl sites for hydroxylation is 1. The Hall–Kier alpha value is -0.850. The highest BCUT2D eigenvalue weighted by molar-refractivity contribution is 8.22. The van der Waals surface area contributed by atoms with Crippen LogP contribution in [-0.2, 0) is 11.3 Å². The van der Waals surface area contributed by atoms with Gasteiger partial charge in [0.05, 0.1) is 16.8 Å². The van der Waals surface area contributed by atoms with Crippen LogP contribution in [-0.4, -0.2) is 21.8 Å². The molecule has 0 spiro atoms. The van der Waals surface area contributed by atoms with Gasteiger partial charge in [-0.15, -0.1) is 0 Å². The molecule has 0 amide bonds. The Bertz CT molecular complexity index is 603. The first kappa shape index (κ1) is 13.6. The monoisotopic (exact) mass is 299 g/mol. The van der Waals surface area contributed by atoms with Crippen molar-refractivity contribution in [3.63, 3.8) is 0 Å². The average molecular weight is 299 g/mol. The Morgan fingerprint density at radius 2 is 2.28 bits per heavy atom. The van der Waals surface area contributed by atoms with Gasteiger partial charge in [0, 0.05) is 6.54 Å². The molecule has 0 aliphatic rings. The number of benzene rings is 1. The highest BCUT2D eigenvalue weighted by Gasteiger charge is 2.06. The first-order valence-corrected chi connectivity index (χ1v) is 7.96. The second-order valence-electron chi connectivity index (χ2n) is 3.64. The number of para-hydroxylation sites is 1. The van der Waals surface area contributed by atoms with Gasteiger partial charge in [-0.25, -0.2) is 0 Å². The fraction of sp³-hybridized carbons (Fsp3) is 0.333. The standard InChI is InChI=1S/C12H13NO2S3/c1-17-12(16)15-8-4-7-13-9-5-2-3-6-10(9)18-11(13)14/h2-3,5-6H,4,7-8H2,1H3. The van der Waals surface area contributed by atoms with Crippen molar-refractivity contribution in [1.29, 1.82) is 0 Å². The lowest BCUT2D eigenvalue weighted by Crippen LogP contribution is -2.14. The Morgan fingerprint density at radius 3 is 3.06 bits per heavy atom. The van der Waals surface area contributed by atoms with Crippen molar-refractivity contribution in [3.05, 3.63) is 33.9 Å². The van der Waals surface area contributed by atoms with Crippen LogP contribution in [0.1, 0.15) is 6.42 Å². The molecule has 0 fully saturated rings. The minimum atomic E-state index is 0.0867. The van der Waals surface area contributed by atoms with Crippen LogP contribution in [0, 0.1) is 0 Å². The largest absolute Gasteiger partial charge is 0.479 e. The number of rotatable bonds is 4. The van der Waals surface area contributed by atoms with Crippen molar-refractivity contribution < 1.29 is 4.74 Å². The van der Waals surface area contributed by atoms with Gasteiger partial charge in [-0.05, 0) is 37.0 Å². The molecule has 0 saturated heterocycles. The number of thiocarbonyl (C=S) groups is 1. The molecule has 0 N–H and O–H groups in total. The Kier molecular flexibility index (Phi) is 4.79. The zero-order valence-electron chi connectivity index (χ0n) is 9.92. The van der Waals surface area contributed by atoms with E-state index in [0.29, 0.717) is 17.5 Å². The molecule has 0 aliphatic carbocycles. The van der Waals surface area contributed by atoms with Crippen molar-refractivity contribution in [2.24, 2.45) is 0 Å². The van der Waals surface area contributed by atoms with Gasteiger partial charge in [0.2, 0.25) is 4.38 Å². The number of thiazole rings is 1. The zero-order valence-corrected chi connectivity index (χ0v) is 12.4. The maximum atomic E-state index is 11.8. The summed E-state index contributed by atoms with van der Waals surface area (Å²) in [7, 11) is 0. The molecule has 0 saturated carbocycles. The number of hydrogen-bond acceptors (Lipinski definition) is 5. The number of aromatic nitrogens is 1. The zero-order chi connectivity index (χ0) is 13.0. The van der Waals surface area contributed by atoms with E-state index in [-0.39, 0.29) is 4.87 Å². The molecule has 0 unspecified atom stereocenters. The fourth-order valence-corrected chi connectivity index (χ4v) is 2.86. The molecular formula is C12H13NO2S3. The van der Waals surface area contributed by atoms with Crippen LogP contribution in [0.15, 0.2) is 29.1 Å². The van der Waals surface area contributed by atoms with Gasteiger partial charge >= 0.3 is 4.87 Å². The summed E-state index contributed by atoms with van der Waals surface area (Å²) in [5, 5.41) is 0. The van der Waals surface area contributed by atoms with Gasteiger partial charge in [-0.2, -0.15) is 0 Å². The van der Waals surface area contributed by atoms with Crippen LogP contribution in [0.25, 0.3) is 10.2 Å². The third kappa shape index (κ3) is 3.13. The third-order valence-corrected chi connectivity index (χ3v) is 4.52. The maximum Gasteiger partial charge on any atom is 0.308 e. The molecule has 0 aliphatic heterocycles. The van der Waals surface area contributed by atoms with Crippen LogP contribution >= 0.6 is 35.3 Å². The van der Waals surface area contributed by atoms with Crippen LogP contribution in [0.3, 0.4) is 0 Å². The molecule has 6 heteroatoms. The van der Waals surface area contributed by atoms with E-state index in [1.54, 1.807) is 4.57 Å². The fourth-order valence-electron chi connectivity index (χ4n) is 1.66. The van der Waals surface area contributed by atoms with E-state index < -0.39 is 0 Å². The van der Waals surface area contributed by atoms with Crippen LogP contribution in [0.2, 0.25) is 0 Å². The number of fused-ring (bicyclic) bond motifs is 1. The predicted octanol–water partition coefficient (Wildman–Crippen LogP) is 3.12. The minimum absolute atomic E-state index is 0.0867. The number of ether oxygens (including phenoxy) is 1. The summed E-state index contributed by atoms with van der Waals surface area (Å²) < 4.78 is 8.70. The van der Waals surface area contributed by atoms with Crippen LogP contribution in [0.5, 0.6) is 0 Å². The molecule has 96 valence electrons. The molecule has 18 heavy (non-hydrogen) atoms. The summed E-state index contributed by atoms with van der Waals surface area (Å²) in [5.41, 5.74) is 1.000. The van der Waals surface area contributed by atoms with E-state index in [0.717, 1.165) is 16.6 Å². The molecule has 2 aromatic rings. The van der Waals surface area contributed by atoms with Crippen molar-refractivity contribution >= 4 is 49.9 Å². The van der Waals surface area contributed by atoms with Crippen molar-refractivity contribution in [2.45, 2.75) is 13.0 Å². The Labute approximate surface area is 119 Å². The van der Waals surface area contributed by atoms with E-state index in [2.05, 4.69) is 0 Å². The van der Waals surface area contributed by atoms with Gasteiger partial charge in [0.1, 0.15) is 0 Å². The lowest BCUT2D eigenvalue weighted by Gasteiger charge is -2.06. The Balaban J connectivity index is 2.01. The summed E-state index contributed by atoms with van der Waals surface area (Å²) in [6, 6.07) is 7.84. The second-order valence-corrected chi connectivity index (χ2v) is 6.04. The average Bonchev–Trinajstić information content (AvgIpc) is 2.70. The molecule has 2 rings (SSSR count). The number of nitrogens with zero attached hydrogens (tertiary/aromatic N) is 1. The normalized spacial score (nSPS) is 10.7. The molecule has 0 atom stereocenters. The highest BCUT2D eigenvalue weighted by Crippen LogP contribution is 2.16. The van der Waals surface area contributed by atoms with Gasteiger partial charge in [-0.1, -0.05) is 35.2 Å². The van der Waals surface area contributed by atoms with E-state index in [4.69, 9.17) is 17.0 Å². The molecule has 1 heterocycles. The third-order valence-electron chi connectivity index (χ3n) is 2.49. The highest BCUT2D eigenvalue weighted by atomic mass is 32.2. The van der Waals surface area contributed by atoms with Gasteiger partial charge < -0.3 is 4.74 Å². The van der Waals surface area contributed by atoms with E-state index in [1.165, 1.54) is 23.1 Å². The summed E-state index contributed by atoms with van der Waals surface area (Å²) in [5.74, 6) is 0. The quantitative estimate of drug-likeness (QED) is 0.641. The van der Waals surface area contributed by atoms with Gasteiger partial charge in [0.25, 0.3) is 0 Å². The van der Waals surface area contributed by atoms with E-state index in [9.17, 15) is 4.79 Å². The summed E-state index contributed by atoms with van der Waals surface area (Å²) in [6.45, 7) is 1.22. The van der Waals surface area contributed by atoms with Crippen molar-refractivity contribution in [2.75, 3.05) is 12.9 Å². The maximum absolute atomic E-state index is 11.8. The minimum Gasteiger partial charge on any atom is -0.479 e. The molecule has 1 aromatic heterocycles. The summed E-state index contributed by atoms with van der Waals surface area (Å²) in [6.07, 6.45) is 2.67. The Morgan fingerprint density at radius 1 is 1.50 bits per heavy atom. The predicted molar refractivity (Wildman–Crippen MR) is 82.8 cm³/mol. The van der Waals surface area contributed by atoms with Gasteiger partial charge in [0.15, 0.2) is 0 Å². The molecule has 0 radical (unpaired) electrons. The topological polar surface area (TPSA) is 31.2 Å². The summed E-state index contributed by atoms with van der Waals surface area (Å²) in [4.78, 5) is 11.9.